The molecular weight excluding hydrogens is 366 g/mol. The minimum Gasteiger partial charge on any atom is -0.378 e. The lowest BCUT2D eigenvalue weighted by Crippen LogP contribution is -2.52. The van der Waals surface area contributed by atoms with Crippen molar-refractivity contribution in [2.45, 2.75) is 23.8 Å². The average molecular weight is 388 g/mol. The summed E-state index contributed by atoms with van der Waals surface area (Å²) in [5.74, 6) is 0. The molecule has 0 aliphatic carbocycles. The standard InChI is InChI=1S/C16H22ClN3O4S/c17-13-1-3-15(4-2-13)25(22,23)20-7-5-14(6-8-20)18-16(21)19-9-11-24-12-10-19/h1-4,14H,5-12H2,(H,18,21). The second-order valence-electron chi connectivity index (χ2n) is 6.18. The van der Waals surface area contributed by atoms with Crippen molar-refractivity contribution in [1.29, 1.82) is 0 Å². The van der Waals surface area contributed by atoms with Crippen molar-refractivity contribution >= 4 is 27.7 Å². The summed E-state index contributed by atoms with van der Waals surface area (Å²) >= 11 is 5.82. The van der Waals surface area contributed by atoms with Crippen LogP contribution in [-0.2, 0) is 14.8 Å². The molecule has 2 aliphatic heterocycles. The summed E-state index contributed by atoms with van der Waals surface area (Å²) in [5.41, 5.74) is 0. The van der Waals surface area contributed by atoms with Crippen molar-refractivity contribution in [2.24, 2.45) is 0 Å². The van der Waals surface area contributed by atoms with Crippen LogP contribution < -0.4 is 5.32 Å². The average Bonchev–Trinajstić information content (AvgIpc) is 2.63. The zero-order chi connectivity index (χ0) is 17.9. The minimum absolute atomic E-state index is 0.00740. The Morgan fingerprint density at radius 1 is 1.08 bits per heavy atom. The number of sulfonamides is 1. The Morgan fingerprint density at radius 3 is 2.28 bits per heavy atom. The van der Waals surface area contributed by atoms with Crippen molar-refractivity contribution in [1.82, 2.24) is 14.5 Å². The van der Waals surface area contributed by atoms with Crippen LogP contribution in [-0.4, -0.2) is 69.1 Å². The molecule has 1 N–H and O–H groups in total. The number of rotatable bonds is 3. The van der Waals surface area contributed by atoms with Crippen LogP contribution in [0.15, 0.2) is 29.2 Å². The highest BCUT2D eigenvalue weighted by Gasteiger charge is 2.30. The van der Waals surface area contributed by atoms with E-state index in [4.69, 9.17) is 16.3 Å². The van der Waals surface area contributed by atoms with Crippen LogP contribution in [0.3, 0.4) is 0 Å². The number of halogens is 1. The number of nitrogens with one attached hydrogen (secondary N) is 1. The summed E-state index contributed by atoms with van der Waals surface area (Å²) in [6, 6.07) is 6.08. The molecule has 2 saturated heterocycles. The van der Waals surface area contributed by atoms with Crippen LogP contribution in [0.25, 0.3) is 0 Å². The van der Waals surface area contributed by atoms with Crippen molar-refractivity contribution in [3.05, 3.63) is 29.3 Å². The number of urea groups is 1. The summed E-state index contributed by atoms with van der Waals surface area (Å²) in [7, 11) is -3.52. The molecule has 2 aliphatic rings. The minimum atomic E-state index is -3.52. The van der Waals surface area contributed by atoms with Crippen LogP contribution in [0.4, 0.5) is 4.79 Å². The first kappa shape index (κ1) is 18.4. The summed E-state index contributed by atoms with van der Waals surface area (Å²) < 4.78 is 32.0. The third kappa shape index (κ3) is 4.44. The van der Waals surface area contributed by atoms with Crippen LogP contribution in [0.2, 0.25) is 5.02 Å². The van der Waals surface area contributed by atoms with Gasteiger partial charge in [-0.3, -0.25) is 0 Å². The predicted molar refractivity (Wildman–Crippen MR) is 94.2 cm³/mol. The van der Waals surface area contributed by atoms with Crippen molar-refractivity contribution < 1.29 is 17.9 Å². The number of carbonyl (C=O) groups excluding carboxylic acids is 1. The Balaban J connectivity index is 1.54. The van der Waals surface area contributed by atoms with Gasteiger partial charge in [-0.05, 0) is 37.1 Å². The van der Waals surface area contributed by atoms with E-state index in [9.17, 15) is 13.2 Å². The summed E-state index contributed by atoms with van der Waals surface area (Å²) in [4.78, 5) is 14.2. The molecule has 2 heterocycles. The van der Waals surface area contributed by atoms with E-state index in [1.54, 1.807) is 17.0 Å². The van der Waals surface area contributed by atoms with E-state index < -0.39 is 10.0 Å². The Kier molecular flexibility index (Phi) is 5.83. The number of benzene rings is 1. The number of amides is 2. The molecule has 3 rings (SSSR count). The van der Waals surface area contributed by atoms with Gasteiger partial charge in [0.15, 0.2) is 0 Å². The van der Waals surface area contributed by atoms with Crippen LogP contribution in [0.5, 0.6) is 0 Å². The first-order chi connectivity index (χ1) is 12.0. The molecule has 0 aromatic heterocycles. The second kappa shape index (κ2) is 7.90. The van der Waals surface area contributed by atoms with E-state index in [1.807, 2.05) is 0 Å². The van der Waals surface area contributed by atoms with Crippen molar-refractivity contribution in [3.8, 4) is 0 Å². The Hall–Kier alpha value is -1.35. The number of ether oxygens (including phenoxy) is 1. The van der Waals surface area contributed by atoms with Gasteiger partial charge in [0, 0.05) is 37.2 Å². The quantitative estimate of drug-likeness (QED) is 0.853. The summed E-state index contributed by atoms with van der Waals surface area (Å²) in [6.07, 6.45) is 1.20. The lowest BCUT2D eigenvalue weighted by Gasteiger charge is -2.34. The van der Waals surface area contributed by atoms with E-state index in [1.165, 1.54) is 16.4 Å². The lowest BCUT2D eigenvalue weighted by atomic mass is 10.1. The molecule has 0 spiro atoms. The smallest absolute Gasteiger partial charge is 0.317 e. The van der Waals surface area contributed by atoms with Crippen LogP contribution in [0.1, 0.15) is 12.8 Å². The summed E-state index contributed by atoms with van der Waals surface area (Å²) in [5, 5.41) is 3.50. The molecule has 1 aromatic carbocycles. The number of nitrogens with zero attached hydrogens (tertiary/aromatic N) is 2. The fourth-order valence-corrected chi connectivity index (χ4v) is 4.62. The van der Waals surface area contributed by atoms with Gasteiger partial charge >= 0.3 is 6.03 Å². The first-order valence-corrected chi connectivity index (χ1v) is 10.2. The fraction of sp³-hybridized carbons (Fsp3) is 0.562. The fourth-order valence-electron chi connectivity index (χ4n) is 3.03. The van der Waals surface area contributed by atoms with Gasteiger partial charge in [0.25, 0.3) is 0 Å². The third-order valence-electron chi connectivity index (χ3n) is 4.53. The highest BCUT2D eigenvalue weighted by atomic mass is 35.5. The molecule has 0 atom stereocenters. The number of morpholine rings is 1. The maximum atomic E-state index is 12.6. The van der Waals surface area contributed by atoms with Crippen molar-refractivity contribution in [2.75, 3.05) is 39.4 Å². The highest BCUT2D eigenvalue weighted by Crippen LogP contribution is 2.22. The van der Waals surface area contributed by atoms with E-state index in [0.717, 1.165) is 0 Å². The molecule has 0 radical (unpaired) electrons. The molecule has 9 heteroatoms. The van der Waals surface area contributed by atoms with E-state index >= 15 is 0 Å². The maximum Gasteiger partial charge on any atom is 0.317 e. The number of hydrogen-bond donors (Lipinski definition) is 1. The van der Waals surface area contributed by atoms with Crippen LogP contribution in [0, 0.1) is 0 Å². The molecule has 0 unspecified atom stereocenters. The van der Waals surface area contributed by atoms with Crippen molar-refractivity contribution in [3.63, 3.8) is 0 Å². The highest BCUT2D eigenvalue weighted by molar-refractivity contribution is 7.89. The normalized spacial score (nSPS) is 20.4. The van der Waals surface area contributed by atoms with Gasteiger partial charge in [-0.2, -0.15) is 4.31 Å². The Morgan fingerprint density at radius 2 is 1.68 bits per heavy atom. The number of carbonyl (C=O) groups is 1. The number of piperidine rings is 1. The predicted octanol–water partition coefficient (Wildman–Crippen LogP) is 1.53. The molecule has 1 aromatic rings. The topological polar surface area (TPSA) is 79.0 Å². The molecule has 0 bridgehead atoms. The van der Waals surface area contributed by atoms with Gasteiger partial charge in [0.05, 0.1) is 18.1 Å². The van der Waals surface area contributed by atoms with E-state index in [-0.39, 0.29) is 17.0 Å². The van der Waals surface area contributed by atoms with Gasteiger partial charge in [-0.1, -0.05) is 11.6 Å². The molecular formula is C16H22ClN3O4S. The van der Waals surface area contributed by atoms with Gasteiger partial charge < -0.3 is 15.0 Å². The van der Waals surface area contributed by atoms with Crippen LogP contribution >= 0.6 is 11.6 Å². The first-order valence-electron chi connectivity index (χ1n) is 8.36. The largest absolute Gasteiger partial charge is 0.378 e. The van der Waals surface area contributed by atoms with E-state index in [0.29, 0.717) is 57.3 Å². The summed E-state index contributed by atoms with van der Waals surface area (Å²) in [6.45, 7) is 3.08. The Bertz CT molecular complexity index is 697. The lowest BCUT2D eigenvalue weighted by molar-refractivity contribution is 0.0520. The molecule has 2 amide bonds. The Labute approximate surface area is 152 Å². The zero-order valence-electron chi connectivity index (χ0n) is 13.9. The second-order valence-corrected chi connectivity index (χ2v) is 8.56. The third-order valence-corrected chi connectivity index (χ3v) is 6.70. The van der Waals surface area contributed by atoms with Gasteiger partial charge in [0.1, 0.15) is 0 Å². The van der Waals surface area contributed by atoms with E-state index in [2.05, 4.69) is 5.32 Å². The van der Waals surface area contributed by atoms with Gasteiger partial charge in [-0.15, -0.1) is 0 Å². The maximum absolute atomic E-state index is 12.6. The molecule has 25 heavy (non-hydrogen) atoms. The molecule has 7 nitrogen and oxygen atoms in total. The molecule has 138 valence electrons. The van der Waals surface area contributed by atoms with Gasteiger partial charge in [-0.25, -0.2) is 13.2 Å². The molecule has 2 fully saturated rings. The zero-order valence-corrected chi connectivity index (χ0v) is 15.4. The monoisotopic (exact) mass is 387 g/mol. The SMILES string of the molecule is O=C(NC1CCN(S(=O)(=O)c2ccc(Cl)cc2)CC1)N1CCOCC1. The molecule has 0 saturated carbocycles. The number of hydrogen-bond acceptors (Lipinski definition) is 4. The van der Waals surface area contributed by atoms with Gasteiger partial charge in [0.2, 0.25) is 10.0 Å².